The van der Waals surface area contributed by atoms with Gasteiger partial charge in [-0.15, -0.1) is 0 Å². The standard InChI is InChI=1S/C14H22N2O2S/c1-14(2,3)19(17,18)16-9-8-11-10-15-13-7-5-4-6-12(11)13/h4-7,11,15-16H,8-10H2,1-3H3. The van der Waals surface area contributed by atoms with Crippen molar-refractivity contribution in [1.82, 2.24) is 4.72 Å². The second-order valence-electron chi connectivity index (χ2n) is 5.96. The lowest BCUT2D eigenvalue weighted by Gasteiger charge is -2.20. The Morgan fingerprint density at radius 1 is 1.32 bits per heavy atom. The highest BCUT2D eigenvalue weighted by atomic mass is 32.2. The van der Waals surface area contributed by atoms with Crippen molar-refractivity contribution in [2.45, 2.75) is 37.9 Å². The van der Waals surface area contributed by atoms with Crippen LogP contribution < -0.4 is 10.0 Å². The van der Waals surface area contributed by atoms with E-state index < -0.39 is 14.8 Å². The Hall–Kier alpha value is -1.07. The fourth-order valence-electron chi connectivity index (χ4n) is 2.20. The summed E-state index contributed by atoms with van der Waals surface area (Å²) >= 11 is 0. The van der Waals surface area contributed by atoms with Gasteiger partial charge in [0.25, 0.3) is 0 Å². The van der Waals surface area contributed by atoms with Gasteiger partial charge in [-0.25, -0.2) is 13.1 Å². The maximum Gasteiger partial charge on any atom is 0.216 e. The van der Waals surface area contributed by atoms with Crippen LogP contribution in [0.3, 0.4) is 0 Å². The van der Waals surface area contributed by atoms with Gasteiger partial charge in [-0.1, -0.05) is 18.2 Å². The largest absolute Gasteiger partial charge is 0.384 e. The van der Waals surface area contributed by atoms with Crippen molar-refractivity contribution >= 4 is 15.7 Å². The third-order valence-corrected chi connectivity index (χ3v) is 5.73. The fraction of sp³-hybridized carbons (Fsp3) is 0.571. The molecule has 0 aromatic heterocycles. The van der Waals surface area contributed by atoms with Gasteiger partial charge in [-0.3, -0.25) is 0 Å². The summed E-state index contributed by atoms with van der Waals surface area (Å²) in [5.74, 6) is 0.388. The monoisotopic (exact) mass is 282 g/mol. The minimum atomic E-state index is -3.24. The molecule has 106 valence electrons. The summed E-state index contributed by atoms with van der Waals surface area (Å²) in [4.78, 5) is 0. The number of benzene rings is 1. The van der Waals surface area contributed by atoms with Crippen LogP contribution in [0.25, 0.3) is 0 Å². The number of hydrogen-bond donors (Lipinski definition) is 2. The molecule has 1 aliphatic rings. The van der Waals surface area contributed by atoms with Crippen LogP contribution in [0, 0.1) is 0 Å². The highest BCUT2D eigenvalue weighted by molar-refractivity contribution is 7.90. The van der Waals surface area contributed by atoms with Gasteiger partial charge in [0, 0.05) is 24.7 Å². The highest BCUT2D eigenvalue weighted by Gasteiger charge is 2.29. The Morgan fingerprint density at radius 3 is 2.68 bits per heavy atom. The summed E-state index contributed by atoms with van der Waals surface area (Å²) in [6.45, 7) is 6.50. The molecular formula is C14H22N2O2S. The first-order chi connectivity index (χ1) is 8.81. The molecule has 0 saturated carbocycles. The summed E-state index contributed by atoms with van der Waals surface area (Å²) in [6, 6.07) is 8.21. The van der Waals surface area contributed by atoms with E-state index in [2.05, 4.69) is 22.2 Å². The molecule has 2 N–H and O–H groups in total. The molecule has 5 heteroatoms. The molecule has 0 saturated heterocycles. The summed E-state index contributed by atoms with van der Waals surface area (Å²) in [7, 11) is -3.24. The van der Waals surface area contributed by atoms with Crippen LogP contribution >= 0.6 is 0 Å². The molecule has 0 radical (unpaired) electrons. The average molecular weight is 282 g/mol. The van der Waals surface area contributed by atoms with Crippen LogP contribution in [0.2, 0.25) is 0 Å². The molecule has 1 unspecified atom stereocenters. The zero-order valence-corrected chi connectivity index (χ0v) is 12.5. The molecule has 0 bridgehead atoms. The van der Waals surface area contributed by atoms with Crippen LogP contribution in [-0.2, 0) is 10.0 Å². The molecule has 0 amide bonds. The van der Waals surface area contributed by atoms with E-state index in [-0.39, 0.29) is 0 Å². The predicted molar refractivity (Wildman–Crippen MR) is 79.0 cm³/mol. The van der Waals surface area contributed by atoms with Crippen molar-refractivity contribution in [1.29, 1.82) is 0 Å². The van der Waals surface area contributed by atoms with Crippen molar-refractivity contribution < 1.29 is 8.42 Å². The average Bonchev–Trinajstić information content (AvgIpc) is 2.71. The van der Waals surface area contributed by atoms with E-state index in [1.54, 1.807) is 20.8 Å². The second-order valence-corrected chi connectivity index (χ2v) is 8.48. The van der Waals surface area contributed by atoms with Gasteiger partial charge in [-0.2, -0.15) is 0 Å². The first-order valence-electron chi connectivity index (χ1n) is 6.63. The lowest BCUT2D eigenvalue weighted by molar-refractivity contribution is 0.538. The predicted octanol–water partition coefficient (Wildman–Crippen LogP) is 2.30. The fourth-order valence-corrected chi connectivity index (χ4v) is 3.02. The molecule has 19 heavy (non-hydrogen) atoms. The summed E-state index contributed by atoms with van der Waals surface area (Å²) < 4.78 is 25.8. The number of nitrogens with one attached hydrogen (secondary N) is 2. The molecule has 0 aliphatic carbocycles. The molecule has 2 rings (SSSR count). The number of para-hydroxylation sites is 1. The van der Waals surface area contributed by atoms with E-state index in [9.17, 15) is 8.42 Å². The van der Waals surface area contributed by atoms with Gasteiger partial charge in [0.15, 0.2) is 0 Å². The SMILES string of the molecule is CC(C)(C)S(=O)(=O)NCCC1CNc2ccccc21. The van der Waals surface area contributed by atoms with Gasteiger partial charge < -0.3 is 5.32 Å². The molecule has 1 aliphatic heterocycles. The number of sulfonamides is 1. The van der Waals surface area contributed by atoms with Crippen LogP contribution in [0.4, 0.5) is 5.69 Å². The van der Waals surface area contributed by atoms with Crippen LogP contribution in [0.1, 0.15) is 38.7 Å². The quantitative estimate of drug-likeness (QED) is 0.891. The lowest BCUT2D eigenvalue weighted by Crippen LogP contribution is -2.40. The van der Waals surface area contributed by atoms with Gasteiger partial charge in [0.1, 0.15) is 0 Å². The normalized spacial score (nSPS) is 19.0. The van der Waals surface area contributed by atoms with Gasteiger partial charge in [0.05, 0.1) is 4.75 Å². The maximum absolute atomic E-state index is 11.9. The Kier molecular flexibility index (Phi) is 3.87. The van der Waals surface area contributed by atoms with E-state index in [1.807, 2.05) is 12.1 Å². The Morgan fingerprint density at radius 2 is 2.00 bits per heavy atom. The van der Waals surface area contributed by atoms with Crippen LogP contribution in [-0.4, -0.2) is 26.3 Å². The maximum atomic E-state index is 11.9. The van der Waals surface area contributed by atoms with Crippen molar-refractivity contribution in [3.05, 3.63) is 29.8 Å². The zero-order valence-electron chi connectivity index (χ0n) is 11.7. The van der Waals surface area contributed by atoms with E-state index in [1.165, 1.54) is 11.3 Å². The highest BCUT2D eigenvalue weighted by Crippen LogP contribution is 2.32. The van der Waals surface area contributed by atoms with Crippen molar-refractivity contribution in [3.63, 3.8) is 0 Å². The minimum absolute atomic E-state index is 0.388. The molecule has 1 aromatic rings. The van der Waals surface area contributed by atoms with Gasteiger partial charge >= 0.3 is 0 Å². The number of anilines is 1. The van der Waals surface area contributed by atoms with Crippen LogP contribution in [0.5, 0.6) is 0 Å². The van der Waals surface area contributed by atoms with Gasteiger partial charge in [-0.05, 0) is 38.8 Å². The first-order valence-corrected chi connectivity index (χ1v) is 8.11. The first kappa shape index (κ1) is 14.3. The summed E-state index contributed by atoms with van der Waals surface area (Å²) in [5, 5.41) is 3.35. The molecular weight excluding hydrogens is 260 g/mol. The van der Waals surface area contributed by atoms with Crippen LogP contribution in [0.15, 0.2) is 24.3 Å². The van der Waals surface area contributed by atoms with E-state index >= 15 is 0 Å². The molecule has 0 fully saturated rings. The van der Waals surface area contributed by atoms with Crippen molar-refractivity contribution in [3.8, 4) is 0 Å². The smallest absolute Gasteiger partial charge is 0.216 e. The molecule has 1 atom stereocenters. The van der Waals surface area contributed by atoms with E-state index in [0.29, 0.717) is 12.5 Å². The van der Waals surface area contributed by atoms with Crippen molar-refractivity contribution in [2.24, 2.45) is 0 Å². The number of rotatable bonds is 4. The summed E-state index contributed by atoms with van der Waals surface area (Å²) in [5.41, 5.74) is 2.46. The number of fused-ring (bicyclic) bond motifs is 1. The second kappa shape index (κ2) is 5.13. The molecule has 0 spiro atoms. The number of hydrogen-bond acceptors (Lipinski definition) is 3. The Bertz CT molecular complexity index is 547. The Labute approximate surface area is 115 Å². The topological polar surface area (TPSA) is 58.2 Å². The molecule has 1 aromatic carbocycles. The third kappa shape index (κ3) is 3.09. The van der Waals surface area contributed by atoms with E-state index in [0.717, 1.165) is 13.0 Å². The van der Waals surface area contributed by atoms with Gasteiger partial charge in [0.2, 0.25) is 10.0 Å². The van der Waals surface area contributed by atoms with E-state index in [4.69, 9.17) is 0 Å². The lowest BCUT2D eigenvalue weighted by atomic mass is 9.98. The third-order valence-electron chi connectivity index (χ3n) is 3.53. The van der Waals surface area contributed by atoms with Crippen molar-refractivity contribution in [2.75, 3.05) is 18.4 Å². The Balaban J connectivity index is 1.92. The minimum Gasteiger partial charge on any atom is -0.384 e. The summed E-state index contributed by atoms with van der Waals surface area (Å²) in [6.07, 6.45) is 0.819. The molecule has 4 nitrogen and oxygen atoms in total. The zero-order chi connectivity index (χ0) is 14.1. The molecule has 1 heterocycles.